The number of carbonyl (C=O) groups excluding carboxylic acids is 1. The molecule has 1 fully saturated rings. The quantitative estimate of drug-likeness (QED) is 0.569. The van der Waals surface area contributed by atoms with Crippen LogP contribution in [-0.2, 0) is 4.79 Å². The Kier molecular flexibility index (Phi) is 7.51. The van der Waals surface area contributed by atoms with Crippen LogP contribution < -0.4 is 15.4 Å². The first-order valence-corrected chi connectivity index (χ1v) is 9.72. The summed E-state index contributed by atoms with van der Waals surface area (Å²) in [4.78, 5) is 18.7. The molecule has 2 rings (SSSR count). The van der Waals surface area contributed by atoms with Gasteiger partial charge in [0.25, 0.3) is 0 Å². The van der Waals surface area contributed by atoms with Crippen molar-refractivity contribution in [2.45, 2.75) is 38.5 Å². The molecule has 6 nitrogen and oxygen atoms in total. The maximum atomic E-state index is 12.7. The number of para-hydroxylation sites is 1. The van der Waals surface area contributed by atoms with Gasteiger partial charge >= 0.3 is 0 Å². The van der Waals surface area contributed by atoms with Crippen molar-refractivity contribution in [2.75, 3.05) is 41.3 Å². The summed E-state index contributed by atoms with van der Waals surface area (Å²) in [6.45, 7) is 3.51. The molecule has 0 spiro atoms. The van der Waals surface area contributed by atoms with E-state index in [4.69, 9.17) is 4.74 Å². The molecule has 1 aliphatic rings. The zero-order chi connectivity index (χ0) is 19.9. The van der Waals surface area contributed by atoms with Crippen LogP contribution in [0.2, 0.25) is 0 Å². The second kappa shape index (κ2) is 9.62. The number of nitrogens with one attached hydrogen (secondary N) is 2. The maximum Gasteiger partial charge on any atom is 0.230 e. The van der Waals surface area contributed by atoms with Gasteiger partial charge in [0.15, 0.2) is 5.96 Å². The molecule has 1 amide bonds. The van der Waals surface area contributed by atoms with Gasteiger partial charge < -0.3 is 20.3 Å². The minimum atomic E-state index is -0.310. The summed E-state index contributed by atoms with van der Waals surface area (Å²) in [6, 6.07) is 8.07. The minimum absolute atomic E-state index is 0.213. The van der Waals surface area contributed by atoms with Crippen LogP contribution in [0.15, 0.2) is 29.3 Å². The Morgan fingerprint density at radius 2 is 1.93 bits per heavy atom. The van der Waals surface area contributed by atoms with Gasteiger partial charge in [-0.3, -0.25) is 9.79 Å². The lowest BCUT2D eigenvalue weighted by Gasteiger charge is -2.31. The number of nitrogens with zero attached hydrogens (tertiary/aromatic N) is 2. The SMILES string of the molecule is CN=C(NCC(C)c1ccccc1OC)NCC1(C(=O)N(C)C)CCCC1. The van der Waals surface area contributed by atoms with Crippen LogP contribution >= 0.6 is 0 Å². The first-order valence-electron chi connectivity index (χ1n) is 9.72. The molecule has 2 N–H and O–H groups in total. The van der Waals surface area contributed by atoms with Crippen molar-refractivity contribution < 1.29 is 9.53 Å². The number of rotatable bonds is 7. The number of aliphatic imine (C=N–C) groups is 1. The molecule has 1 saturated carbocycles. The largest absolute Gasteiger partial charge is 0.496 e. The van der Waals surface area contributed by atoms with Crippen LogP contribution in [0.5, 0.6) is 5.75 Å². The van der Waals surface area contributed by atoms with Crippen molar-refractivity contribution in [3.63, 3.8) is 0 Å². The fraction of sp³-hybridized carbons (Fsp3) is 0.619. The Balaban J connectivity index is 1.94. The number of methoxy groups -OCH3 is 1. The predicted molar refractivity (Wildman–Crippen MR) is 110 cm³/mol. The molecule has 1 unspecified atom stereocenters. The van der Waals surface area contributed by atoms with E-state index in [1.807, 2.05) is 32.3 Å². The number of hydrogen-bond donors (Lipinski definition) is 2. The lowest BCUT2D eigenvalue weighted by Crippen LogP contribution is -2.49. The predicted octanol–water partition coefficient (Wildman–Crippen LogP) is 2.61. The van der Waals surface area contributed by atoms with E-state index < -0.39 is 0 Å². The molecule has 0 aliphatic heterocycles. The molecule has 1 atom stereocenters. The molecule has 6 heteroatoms. The molecular formula is C21H34N4O2. The Bertz CT molecular complexity index is 651. The third-order valence-electron chi connectivity index (χ3n) is 5.48. The smallest absolute Gasteiger partial charge is 0.230 e. The third kappa shape index (κ3) is 5.15. The number of benzene rings is 1. The van der Waals surface area contributed by atoms with Crippen molar-refractivity contribution in [3.05, 3.63) is 29.8 Å². The Morgan fingerprint density at radius 1 is 1.26 bits per heavy atom. The Hall–Kier alpha value is -2.24. The lowest BCUT2D eigenvalue weighted by atomic mass is 9.84. The lowest BCUT2D eigenvalue weighted by molar-refractivity contribution is -0.138. The van der Waals surface area contributed by atoms with E-state index in [1.54, 1.807) is 19.1 Å². The molecule has 150 valence electrons. The summed E-state index contributed by atoms with van der Waals surface area (Å²) in [6.07, 6.45) is 4.09. The zero-order valence-corrected chi connectivity index (χ0v) is 17.3. The van der Waals surface area contributed by atoms with Crippen LogP contribution in [0.4, 0.5) is 0 Å². The maximum absolute atomic E-state index is 12.7. The van der Waals surface area contributed by atoms with E-state index in [0.29, 0.717) is 6.54 Å². The van der Waals surface area contributed by atoms with Crippen LogP contribution in [0.1, 0.15) is 44.1 Å². The molecule has 1 aromatic carbocycles. The van der Waals surface area contributed by atoms with Gasteiger partial charge in [-0.1, -0.05) is 38.0 Å². The van der Waals surface area contributed by atoms with Gasteiger partial charge in [-0.2, -0.15) is 0 Å². The second-order valence-electron chi connectivity index (χ2n) is 7.64. The number of guanidine groups is 1. The van der Waals surface area contributed by atoms with Crippen molar-refractivity contribution >= 4 is 11.9 Å². The molecule has 1 aromatic rings. The molecule has 1 aliphatic carbocycles. The van der Waals surface area contributed by atoms with Gasteiger partial charge in [-0.05, 0) is 24.5 Å². The van der Waals surface area contributed by atoms with Crippen LogP contribution in [0.25, 0.3) is 0 Å². The normalized spacial score (nSPS) is 17.3. The van der Waals surface area contributed by atoms with Gasteiger partial charge in [0.2, 0.25) is 5.91 Å². The molecule has 27 heavy (non-hydrogen) atoms. The van der Waals surface area contributed by atoms with Gasteiger partial charge in [0.05, 0.1) is 12.5 Å². The molecule has 0 aromatic heterocycles. The van der Waals surface area contributed by atoms with E-state index in [9.17, 15) is 4.79 Å². The summed E-state index contributed by atoms with van der Waals surface area (Å²) in [5.41, 5.74) is 0.855. The summed E-state index contributed by atoms with van der Waals surface area (Å²) < 4.78 is 5.46. The highest BCUT2D eigenvalue weighted by Gasteiger charge is 2.42. The van der Waals surface area contributed by atoms with Crippen LogP contribution in [-0.4, -0.2) is 58.1 Å². The molecule has 0 radical (unpaired) electrons. The first kappa shape index (κ1) is 21.1. The minimum Gasteiger partial charge on any atom is -0.496 e. The van der Waals surface area contributed by atoms with Crippen molar-refractivity contribution in [1.82, 2.24) is 15.5 Å². The molecule has 0 saturated heterocycles. The van der Waals surface area contributed by atoms with Crippen LogP contribution in [0, 0.1) is 5.41 Å². The van der Waals surface area contributed by atoms with Crippen molar-refractivity contribution in [3.8, 4) is 5.75 Å². The average Bonchev–Trinajstić information content (AvgIpc) is 3.17. The van der Waals surface area contributed by atoms with E-state index in [2.05, 4.69) is 28.6 Å². The Morgan fingerprint density at radius 3 is 2.52 bits per heavy atom. The van der Waals surface area contributed by atoms with Gasteiger partial charge in [0, 0.05) is 40.2 Å². The van der Waals surface area contributed by atoms with Crippen molar-refractivity contribution in [1.29, 1.82) is 0 Å². The van der Waals surface area contributed by atoms with Crippen molar-refractivity contribution in [2.24, 2.45) is 10.4 Å². The summed E-state index contributed by atoms with van der Waals surface area (Å²) in [5, 5.41) is 6.77. The van der Waals surface area contributed by atoms with Gasteiger partial charge in [-0.25, -0.2) is 0 Å². The van der Waals surface area contributed by atoms with Crippen LogP contribution in [0.3, 0.4) is 0 Å². The fourth-order valence-electron chi connectivity index (χ4n) is 3.90. The number of ether oxygens (including phenoxy) is 1. The fourth-order valence-corrected chi connectivity index (χ4v) is 3.90. The molecular weight excluding hydrogens is 340 g/mol. The average molecular weight is 375 g/mol. The third-order valence-corrected chi connectivity index (χ3v) is 5.48. The highest BCUT2D eigenvalue weighted by molar-refractivity contribution is 5.85. The summed E-state index contributed by atoms with van der Waals surface area (Å²) in [7, 11) is 7.13. The number of amides is 1. The first-order chi connectivity index (χ1) is 12.9. The standard InChI is InChI=1S/C21H34N4O2/c1-16(17-10-6-7-11-18(17)27-5)14-23-20(22-2)24-15-21(12-8-9-13-21)19(26)25(3)4/h6-7,10-11,16H,8-9,12-15H2,1-5H3,(H2,22,23,24). The zero-order valence-electron chi connectivity index (χ0n) is 17.3. The summed E-state index contributed by atoms with van der Waals surface area (Å²) in [5.74, 6) is 2.11. The van der Waals surface area contributed by atoms with E-state index >= 15 is 0 Å². The van der Waals surface area contributed by atoms with Gasteiger partial charge in [-0.15, -0.1) is 0 Å². The van der Waals surface area contributed by atoms with E-state index in [-0.39, 0.29) is 17.2 Å². The van der Waals surface area contributed by atoms with E-state index in [1.165, 1.54) is 0 Å². The summed E-state index contributed by atoms with van der Waals surface area (Å²) >= 11 is 0. The Labute approximate surface area is 163 Å². The molecule has 0 bridgehead atoms. The topological polar surface area (TPSA) is 66.0 Å². The van der Waals surface area contributed by atoms with Gasteiger partial charge in [0.1, 0.15) is 5.75 Å². The second-order valence-corrected chi connectivity index (χ2v) is 7.64. The highest BCUT2D eigenvalue weighted by atomic mass is 16.5. The molecule has 0 heterocycles. The number of carbonyl (C=O) groups is 1. The number of hydrogen-bond acceptors (Lipinski definition) is 3. The van der Waals surface area contributed by atoms with E-state index in [0.717, 1.165) is 49.5 Å². The monoisotopic (exact) mass is 374 g/mol. The highest BCUT2D eigenvalue weighted by Crippen LogP contribution is 2.38.